The first-order valence-electron chi connectivity index (χ1n) is 11.0. The summed E-state index contributed by atoms with van der Waals surface area (Å²) in [6, 6.07) is 15.4. The molecule has 4 aromatic rings. The predicted octanol–water partition coefficient (Wildman–Crippen LogP) is 4.13. The number of fused-ring (bicyclic) bond motifs is 2. The number of carbonyl (C=O) groups excluding carboxylic acids is 2. The van der Waals surface area contributed by atoms with Crippen LogP contribution in [0, 0.1) is 5.92 Å². The van der Waals surface area contributed by atoms with Gasteiger partial charge in [-0.15, -0.1) is 0 Å². The van der Waals surface area contributed by atoms with Crippen molar-refractivity contribution in [3.8, 4) is 0 Å². The third-order valence-corrected chi connectivity index (χ3v) is 5.94. The lowest BCUT2D eigenvalue weighted by atomic mass is 9.98. The maximum atomic E-state index is 13.0. The standard InChI is InChI=1S/C26H29N3O3/c1-4-32-26(31)23(14-19-16-29(3)24-12-8-6-10-21(19)24)28-25(30)17(2)13-18-15-27-22-11-7-5-9-20(18)22/h5-12,15-17,23,27H,4,13-14H2,1-3H3,(H,28,30)/t17-,23-/m1/s1. The van der Waals surface area contributed by atoms with E-state index in [-0.39, 0.29) is 18.4 Å². The molecule has 0 spiro atoms. The molecule has 0 aliphatic rings. The number of nitrogens with zero attached hydrogens (tertiary/aromatic N) is 1. The number of rotatable bonds is 8. The van der Waals surface area contributed by atoms with Gasteiger partial charge in [0, 0.05) is 53.6 Å². The number of aryl methyl sites for hydroxylation is 1. The summed E-state index contributed by atoms with van der Waals surface area (Å²) in [4.78, 5) is 29.0. The van der Waals surface area contributed by atoms with Crippen LogP contribution in [0.1, 0.15) is 25.0 Å². The SMILES string of the molecule is CCOC(=O)[C@@H](Cc1cn(C)c2ccccc12)NC(=O)[C@H](C)Cc1c[nH]c2ccccc12. The number of H-pyrrole nitrogens is 1. The normalized spacial score (nSPS) is 13.2. The van der Waals surface area contributed by atoms with Crippen molar-refractivity contribution in [3.05, 3.63) is 72.1 Å². The van der Waals surface area contributed by atoms with Gasteiger partial charge in [-0.1, -0.05) is 43.3 Å². The lowest BCUT2D eigenvalue weighted by Gasteiger charge is -2.20. The summed E-state index contributed by atoms with van der Waals surface area (Å²) in [5.74, 6) is -0.861. The molecule has 0 fully saturated rings. The van der Waals surface area contributed by atoms with Crippen molar-refractivity contribution in [2.24, 2.45) is 13.0 Å². The Morgan fingerprint density at radius 2 is 1.75 bits per heavy atom. The van der Waals surface area contributed by atoms with Crippen molar-refractivity contribution in [1.82, 2.24) is 14.9 Å². The van der Waals surface area contributed by atoms with E-state index in [2.05, 4.69) is 10.3 Å². The van der Waals surface area contributed by atoms with Gasteiger partial charge in [0.25, 0.3) is 0 Å². The van der Waals surface area contributed by atoms with Crippen molar-refractivity contribution >= 4 is 33.7 Å². The van der Waals surface area contributed by atoms with E-state index in [1.54, 1.807) is 6.92 Å². The number of hydrogen-bond acceptors (Lipinski definition) is 3. The number of aromatic nitrogens is 2. The van der Waals surface area contributed by atoms with Crippen LogP contribution < -0.4 is 5.32 Å². The summed E-state index contributed by atoms with van der Waals surface area (Å²) in [5.41, 5.74) is 4.23. The summed E-state index contributed by atoms with van der Waals surface area (Å²) >= 11 is 0. The average Bonchev–Trinajstić information content (AvgIpc) is 3.34. The van der Waals surface area contributed by atoms with Crippen molar-refractivity contribution in [2.45, 2.75) is 32.7 Å². The summed E-state index contributed by atoms with van der Waals surface area (Å²) < 4.78 is 7.31. The Morgan fingerprint density at radius 3 is 2.53 bits per heavy atom. The molecule has 0 saturated carbocycles. The van der Waals surface area contributed by atoms with E-state index < -0.39 is 12.0 Å². The molecule has 4 rings (SSSR count). The predicted molar refractivity (Wildman–Crippen MR) is 126 cm³/mol. The molecule has 32 heavy (non-hydrogen) atoms. The molecule has 0 aliphatic carbocycles. The lowest BCUT2D eigenvalue weighted by Crippen LogP contribution is -2.45. The molecule has 0 saturated heterocycles. The van der Waals surface area contributed by atoms with Crippen LogP contribution in [0.15, 0.2) is 60.9 Å². The second-order valence-electron chi connectivity index (χ2n) is 8.26. The van der Waals surface area contributed by atoms with Crippen molar-refractivity contribution in [3.63, 3.8) is 0 Å². The van der Waals surface area contributed by atoms with Gasteiger partial charge in [-0.2, -0.15) is 0 Å². The number of benzene rings is 2. The average molecular weight is 432 g/mol. The highest BCUT2D eigenvalue weighted by Crippen LogP contribution is 2.23. The van der Waals surface area contributed by atoms with Crippen molar-refractivity contribution in [2.75, 3.05) is 6.61 Å². The molecule has 2 atom stereocenters. The second-order valence-corrected chi connectivity index (χ2v) is 8.26. The first kappa shape index (κ1) is 21.7. The van der Waals surface area contributed by atoms with Crippen LogP contribution in [-0.4, -0.2) is 34.1 Å². The Balaban J connectivity index is 1.51. The first-order valence-corrected chi connectivity index (χ1v) is 11.0. The maximum Gasteiger partial charge on any atom is 0.328 e. The molecule has 166 valence electrons. The molecule has 2 heterocycles. The van der Waals surface area contributed by atoms with Gasteiger partial charge in [-0.05, 0) is 36.6 Å². The molecule has 6 nitrogen and oxygen atoms in total. The molecule has 0 radical (unpaired) electrons. The van der Waals surface area contributed by atoms with Gasteiger partial charge < -0.3 is 19.6 Å². The summed E-state index contributed by atoms with van der Waals surface area (Å²) in [6.45, 7) is 3.93. The number of amides is 1. The number of carbonyl (C=O) groups is 2. The highest BCUT2D eigenvalue weighted by Gasteiger charge is 2.26. The Labute approximate surface area is 187 Å². The van der Waals surface area contributed by atoms with Gasteiger partial charge in [0.1, 0.15) is 6.04 Å². The minimum atomic E-state index is -0.737. The Morgan fingerprint density at radius 1 is 1.03 bits per heavy atom. The van der Waals surface area contributed by atoms with E-state index in [0.29, 0.717) is 12.8 Å². The largest absolute Gasteiger partial charge is 0.464 e. The van der Waals surface area contributed by atoms with E-state index >= 15 is 0 Å². The molecule has 6 heteroatoms. The molecule has 0 aliphatic heterocycles. The van der Waals surface area contributed by atoms with Crippen molar-refractivity contribution in [1.29, 1.82) is 0 Å². The fourth-order valence-electron chi connectivity index (χ4n) is 4.28. The van der Waals surface area contributed by atoms with Gasteiger partial charge in [0.2, 0.25) is 5.91 Å². The zero-order valence-electron chi connectivity index (χ0n) is 18.7. The number of aromatic amines is 1. The van der Waals surface area contributed by atoms with Gasteiger partial charge in [0.15, 0.2) is 0 Å². The van der Waals surface area contributed by atoms with Crippen LogP contribution in [0.2, 0.25) is 0 Å². The minimum absolute atomic E-state index is 0.159. The number of nitrogens with one attached hydrogen (secondary N) is 2. The number of esters is 1. The van der Waals surface area contributed by atoms with Crippen LogP contribution in [0.4, 0.5) is 0 Å². The molecule has 1 amide bonds. The lowest BCUT2D eigenvalue weighted by molar-refractivity contribution is -0.147. The molecule has 2 aromatic carbocycles. The van der Waals surface area contributed by atoms with E-state index in [9.17, 15) is 9.59 Å². The molecule has 0 unspecified atom stereocenters. The molecular weight excluding hydrogens is 402 g/mol. The second kappa shape index (κ2) is 9.30. The van der Waals surface area contributed by atoms with Gasteiger partial charge in [-0.25, -0.2) is 4.79 Å². The fraction of sp³-hybridized carbons (Fsp3) is 0.308. The van der Waals surface area contributed by atoms with Gasteiger partial charge in [-0.3, -0.25) is 4.79 Å². The highest BCUT2D eigenvalue weighted by molar-refractivity contribution is 5.89. The van der Waals surface area contributed by atoms with Crippen molar-refractivity contribution < 1.29 is 14.3 Å². The van der Waals surface area contributed by atoms with E-state index in [0.717, 1.165) is 32.9 Å². The van der Waals surface area contributed by atoms with Crippen LogP contribution >= 0.6 is 0 Å². The quantitative estimate of drug-likeness (QED) is 0.412. The van der Waals surface area contributed by atoms with Gasteiger partial charge in [0.05, 0.1) is 6.61 Å². The smallest absolute Gasteiger partial charge is 0.328 e. The molecule has 2 N–H and O–H groups in total. The van der Waals surface area contributed by atoms with Crippen LogP contribution in [0.5, 0.6) is 0 Å². The zero-order chi connectivity index (χ0) is 22.7. The zero-order valence-corrected chi connectivity index (χ0v) is 18.7. The van der Waals surface area contributed by atoms with Crippen LogP contribution in [0.3, 0.4) is 0 Å². The molecule has 0 bridgehead atoms. The summed E-state index contributed by atoms with van der Waals surface area (Å²) in [6.07, 6.45) is 4.93. The Kier molecular flexibility index (Phi) is 6.30. The third-order valence-electron chi connectivity index (χ3n) is 5.94. The van der Waals surface area contributed by atoms with Crippen LogP contribution in [-0.2, 0) is 34.2 Å². The topological polar surface area (TPSA) is 76.1 Å². The van der Waals surface area contributed by atoms with Gasteiger partial charge >= 0.3 is 5.97 Å². The van der Waals surface area contributed by atoms with Crippen LogP contribution in [0.25, 0.3) is 21.8 Å². The fourth-order valence-corrected chi connectivity index (χ4v) is 4.28. The minimum Gasteiger partial charge on any atom is -0.464 e. The maximum absolute atomic E-state index is 13.0. The Bertz CT molecular complexity index is 1250. The van der Waals surface area contributed by atoms with E-state index in [1.165, 1.54) is 0 Å². The monoisotopic (exact) mass is 431 g/mol. The first-order chi connectivity index (χ1) is 15.5. The Hall–Kier alpha value is -3.54. The summed E-state index contributed by atoms with van der Waals surface area (Å²) in [7, 11) is 1.98. The van der Waals surface area contributed by atoms with E-state index in [4.69, 9.17) is 4.74 Å². The number of para-hydroxylation sites is 2. The molecular formula is C26H29N3O3. The highest BCUT2D eigenvalue weighted by atomic mass is 16.5. The third kappa shape index (κ3) is 4.40. The number of ether oxygens (including phenoxy) is 1. The number of hydrogen-bond donors (Lipinski definition) is 2. The molecule has 2 aromatic heterocycles. The van der Waals surface area contributed by atoms with E-state index in [1.807, 2.05) is 79.5 Å². The summed E-state index contributed by atoms with van der Waals surface area (Å²) in [5, 5.41) is 5.14.